The van der Waals surface area contributed by atoms with Crippen LogP contribution < -0.4 is 10.6 Å². The number of hydrogen-bond acceptors (Lipinski definition) is 4. The van der Waals surface area contributed by atoms with Crippen molar-refractivity contribution in [3.05, 3.63) is 45.9 Å². The van der Waals surface area contributed by atoms with E-state index in [0.29, 0.717) is 5.92 Å². The SMILES string of the molecule is Cc1ncsc1CN1CC(CCN)c2ccccc21. The zero-order valence-corrected chi connectivity index (χ0v) is 12.0. The molecule has 1 aromatic carbocycles. The Bertz CT molecular complexity index is 564. The molecular weight excluding hydrogens is 254 g/mol. The summed E-state index contributed by atoms with van der Waals surface area (Å²) in [6, 6.07) is 8.72. The van der Waals surface area contributed by atoms with Crippen molar-refractivity contribution in [3.63, 3.8) is 0 Å². The van der Waals surface area contributed by atoms with Gasteiger partial charge in [0.25, 0.3) is 0 Å². The Morgan fingerprint density at radius 3 is 3.00 bits per heavy atom. The molecule has 1 aliphatic heterocycles. The van der Waals surface area contributed by atoms with Crippen molar-refractivity contribution in [2.75, 3.05) is 18.0 Å². The third kappa shape index (κ3) is 2.38. The van der Waals surface area contributed by atoms with E-state index in [1.165, 1.54) is 16.1 Å². The molecule has 2 N–H and O–H groups in total. The van der Waals surface area contributed by atoms with Gasteiger partial charge in [-0.25, -0.2) is 4.98 Å². The maximum absolute atomic E-state index is 5.74. The van der Waals surface area contributed by atoms with Gasteiger partial charge in [-0.05, 0) is 31.5 Å². The van der Waals surface area contributed by atoms with Gasteiger partial charge in [-0.1, -0.05) is 18.2 Å². The average Bonchev–Trinajstić information content (AvgIpc) is 2.97. The molecule has 2 aromatic rings. The molecule has 4 heteroatoms. The predicted molar refractivity (Wildman–Crippen MR) is 80.8 cm³/mol. The van der Waals surface area contributed by atoms with Crippen LogP contribution in [0.4, 0.5) is 5.69 Å². The Morgan fingerprint density at radius 2 is 2.26 bits per heavy atom. The first-order valence-corrected chi connectivity index (χ1v) is 7.60. The number of nitrogens with zero attached hydrogens (tertiary/aromatic N) is 2. The molecule has 1 unspecified atom stereocenters. The Morgan fingerprint density at radius 1 is 1.42 bits per heavy atom. The van der Waals surface area contributed by atoms with Gasteiger partial charge in [-0.3, -0.25) is 0 Å². The molecule has 0 spiro atoms. The molecule has 19 heavy (non-hydrogen) atoms. The fourth-order valence-corrected chi connectivity index (χ4v) is 3.62. The smallest absolute Gasteiger partial charge is 0.0798 e. The van der Waals surface area contributed by atoms with Crippen molar-refractivity contribution in [3.8, 4) is 0 Å². The van der Waals surface area contributed by atoms with Gasteiger partial charge in [0, 0.05) is 23.0 Å². The third-order valence-corrected chi connectivity index (χ3v) is 4.77. The van der Waals surface area contributed by atoms with Crippen molar-refractivity contribution in [1.29, 1.82) is 0 Å². The number of anilines is 1. The lowest BCUT2D eigenvalue weighted by molar-refractivity contribution is 0.645. The standard InChI is InChI=1S/C15H19N3S/c1-11-15(19-10-17-11)9-18-8-12(6-7-16)13-4-2-3-5-14(13)18/h2-5,10,12H,6-9,16H2,1H3. The van der Waals surface area contributed by atoms with Crippen LogP contribution in [0.3, 0.4) is 0 Å². The fraction of sp³-hybridized carbons (Fsp3) is 0.400. The molecule has 2 heterocycles. The van der Waals surface area contributed by atoms with Crippen LogP contribution in [0.2, 0.25) is 0 Å². The lowest BCUT2D eigenvalue weighted by Crippen LogP contribution is -2.22. The summed E-state index contributed by atoms with van der Waals surface area (Å²) in [6.45, 7) is 4.89. The summed E-state index contributed by atoms with van der Waals surface area (Å²) in [5.74, 6) is 0.578. The maximum atomic E-state index is 5.74. The van der Waals surface area contributed by atoms with Crippen molar-refractivity contribution in [2.24, 2.45) is 5.73 Å². The van der Waals surface area contributed by atoms with Gasteiger partial charge in [-0.2, -0.15) is 0 Å². The number of rotatable bonds is 4. The minimum Gasteiger partial charge on any atom is -0.365 e. The molecule has 1 atom stereocenters. The van der Waals surface area contributed by atoms with Crippen LogP contribution in [0.5, 0.6) is 0 Å². The van der Waals surface area contributed by atoms with E-state index in [0.717, 1.165) is 31.7 Å². The van der Waals surface area contributed by atoms with E-state index in [1.54, 1.807) is 11.3 Å². The molecule has 0 aliphatic carbocycles. The normalized spacial score (nSPS) is 17.8. The van der Waals surface area contributed by atoms with Crippen LogP contribution in [0.25, 0.3) is 0 Å². The largest absolute Gasteiger partial charge is 0.365 e. The zero-order valence-electron chi connectivity index (χ0n) is 11.2. The highest BCUT2D eigenvalue weighted by atomic mass is 32.1. The molecule has 100 valence electrons. The molecule has 1 aliphatic rings. The number of para-hydroxylation sites is 1. The first-order valence-electron chi connectivity index (χ1n) is 6.72. The highest BCUT2D eigenvalue weighted by Gasteiger charge is 2.27. The molecule has 0 amide bonds. The van der Waals surface area contributed by atoms with Crippen LogP contribution in [-0.2, 0) is 6.54 Å². The Kier molecular flexibility index (Phi) is 3.53. The van der Waals surface area contributed by atoms with E-state index >= 15 is 0 Å². The molecule has 0 bridgehead atoms. The molecule has 3 rings (SSSR count). The Labute approximate surface area is 118 Å². The summed E-state index contributed by atoms with van der Waals surface area (Å²) in [4.78, 5) is 8.17. The van der Waals surface area contributed by atoms with E-state index in [4.69, 9.17) is 5.73 Å². The van der Waals surface area contributed by atoms with E-state index in [1.807, 2.05) is 5.51 Å². The van der Waals surface area contributed by atoms with Crippen LogP contribution >= 0.6 is 11.3 Å². The maximum Gasteiger partial charge on any atom is 0.0798 e. The Balaban J connectivity index is 1.86. The van der Waals surface area contributed by atoms with Crippen molar-refractivity contribution in [2.45, 2.75) is 25.8 Å². The number of aryl methyl sites for hydroxylation is 1. The summed E-state index contributed by atoms with van der Waals surface area (Å²) in [5.41, 5.74) is 11.7. The monoisotopic (exact) mass is 273 g/mol. The summed E-state index contributed by atoms with van der Waals surface area (Å²) in [6.07, 6.45) is 1.06. The average molecular weight is 273 g/mol. The minimum absolute atomic E-state index is 0.578. The van der Waals surface area contributed by atoms with E-state index < -0.39 is 0 Å². The number of nitrogens with two attached hydrogens (primary N) is 1. The number of aromatic nitrogens is 1. The molecule has 1 aromatic heterocycles. The van der Waals surface area contributed by atoms with Crippen molar-refractivity contribution < 1.29 is 0 Å². The van der Waals surface area contributed by atoms with Gasteiger partial charge in [0.2, 0.25) is 0 Å². The van der Waals surface area contributed by atoms with Gasteiger partial charge < -0.3 is 10.6 Å². The quantitative estimate of drug-likeness (QED) is 0.931. The molecule has 3 nitrogen and oxygen atoms in total. The topological polar surface area (TPSA) is 42.2 Å². The number of benzene rings is 1. The third-order valence-electron chi connectivity index (χ3n) is 3.85. The molecule has 0 radical (unpaired) electrons. The van der Waals surface area contributed by atoms with Gasteiger partial charge in [0.05, 0.1) is 17.7 Å². The summed E-state index contributed by atoms with van der Waals surface area (Å²) in [5, 5.41) is 0. The lowest BCUT2D eigenvalue weighted by Gasteiger charge is -2.19. The first kappa shape index (κ1) is 12.6. The van der Waals surface area contributed by atoms with Gasteiger partial charge in [-0.15, -0.1) is 11.3 Å². The lowest BCUT2D eigenvalue weighted by atomic mass is 9.98. The second-order valence-corrected chi connectivity index (χ2v) is 6.01. The van der Waals surface area contributed by atoms with Crippen LogP contribution in [0.1, 0.15) is 28.5 Å². The van der Waals surface area contributed by atoms with E-state index in [-0.39, 0.29) is 0 Å². The number of thiazole rings is 1. The molecule has 0 saturated carbocycles. The van der Waals surface area contributed by atoms with E-state index in [2.05, 4.69) is 41.1 Å². The van der Waals surface area contributed by atoms with Crippen LogP contribution in [0.15, 0.2) is 29.8 Å². The molecular formula is C15H19N3S. The van der Waals surface area contributed by atoms with Gasteiger partial charge >= 0.3 is 0 Å². The molecule has 0 fully saturated rings. The number of fused-ring (bicyclic) bond motifs is 1. The van der Waals surface area contributed by atoms with Gasteiger partial charge in [0.15, 0.2) is 0 Å². The Hall–Kier alpha value is -1.39. The van der Waals surface area contributed by atoms with Crippen molar-refractivity contribution >= 4 is 17.0 Å². The van der Waals surface area contributed by atoms with Gasteiger partial charge in [0.1, 0.15) is 0 Å². The van der Waals surface area contributed by atoms with Crippen LogP contribution in [0, 0.1) is 6.92 Å². The second kappa shape index (κ2) is 5.31. The zero-order chi connectivity index (χ0) is 13.2. The fourth-order valence-electron chi connectivity index (χ4n) is 2.83. The highest BCUT2D eigenvalue weighted by molar-refractivity contribution is 7.09. The predicted octanol–water partition coefficient (Wildman–Crippen LogP) is 2.90. The van der Waals surface area contributed by atoms with Crippen LogP contribution in [-0.4, -0.2) is 18.1 Å². The van der Waals surface area contributed by atoms with Crippen molar-refractivity contribution in [1.82, 2.24) is 4.98 Å². The molecule has 0 saturated heterocycles. The number of hydrogen-bond donors (Lipinski definition) is 1. The summed E-state index contributed by atoms with van der Waals surface area (Å²) < 4.78 is 0. The summed E-state index contributed by atoms with van der Waals surface area (Å²) in [7, 11) is 0. The highest BCUT2D eigenvalue weighted by Crippen LogP contribution is 2.38. The minimum atomic E-state index is 0.578. The second-order valence-electron chi connectivity index (χ2n) is 5.07. The summed E-state index contributed by atoms with van der Waals surface area (Å²) >= 11 is 1.75. The van der Waals surface area contributed by atoms with E-state index in [9.17, 15) is 0 Å². The first-order chi connectivity index (χ1) is 9.29.